The highest BCUT2D eigenvalue weighted by atomic mass is 32.2. The Kier molecular flexibility index (Phi) is 3.94. The maximum Gasteiger partial charge on any atom is 0.186 e. The minimum Gasteiger partial charge on any atom is -0.495 e. The molecule has 2 aromatic rings. The Morgan fingerprint density at radius 1 is 1.20 bits per heavy atom. The third kappa shape index (κ3) is 2.91. The van der Waals surface area contributed by atoms with Crippen LogP contribution in [-0.2, 0) is 15.6 Å². The fraction of sp³-hybridized carbons (Fsp3) is 0.143. The molecule has 0 heterocycles. The Morgan fingerprint density at radius 3 is 2.55 bits per heavy atom. The number of hydrogen-bond donors (Lipinski definition) is 1. The number of methoxy groups -OCH3 is 1. The summed E-state index contributed by atoms with van der Waals surface area (Å²) in [6.45, 7) is 0. The SMILES string of the molecule is COc1ccccc1S(=O)(=O)Cc1ccc(F)cc1N. The summed E-state index contributed by atoms with van der Waals surface area (Å²) in [6, 6.07) is 10.00. The Balaban J connectivity index is 2.41. The van der Waals surface area contributed by atoms with Crippen molar-refractivity contribution in [2.45, 2.75) is 10.6 Å². The van der Waals surface area contributed by atoms with Crippen molar-refractivity contribution < 1.29 is 17.5 Å². The number of anilines is 1. The number of benzene rings is 2. The lowest BCUT2D eigenvalue weighted by atomic mass is 10.2. The Labute approximate surface area is 116 Å². The number of para-hydroxylation sites is 1. The number of ether oxygens (including phenoxy) is 1. The fourth-order valence-corrected chi connectivity index (χ4v) is 3.43. The van der Waals surface area contributed by atoms with Gasteiger partial charge < -0.3 is 10.5 Å². The summed E-state index contributed by atoms with van der Waals surface area (Å²) in [4.78, 5) is 0.0891. The molecule has 4 nitrogen and oxygen atoms in total. The standard InChI is InChI=1S/C14H14FNO3S/c1-19-13-4-2-3-5-14(13)20(17,18)9-10-6-7-11(15)8-12(10)16/h2-8H,9,16H2,1H3. The number of rotatable bonds is 4. The zero-order valence-corrected chi connectivity index (χ0v) is 11.7. The van der Waals surface area contributed by atoms with Crippen molar-refractivity contribution in [3.63, 3.8) is 0 Å². The maximum atomic E-state index is 13.0. The van der Waals surface area contributed by atoms with Gasteiger partial charge in [0.2, 0.25) is 0 Å². The molecule has 0 aliphatic rings. The van der Waals surface area contributed by atoms with Crippen LogP contribution < -0.4 is 10.5 Å². The predicted octanol–water partition coefficient (Wildman–Crippen LogP) is 2.39. The number of halogens is 1. The molecule has 6 heteroatoms. The first-order valence-corrected chi connectivity index (χ1v) is 7.49. The van der Waals surface area contributed by atoms with Crippen molar-refractivity contribution >= 4 is 15.5 Å². The zero-order chi connectivity index (χ0) is 14.8. The van der Waals surface area contributed by atoms with Crippen LogP contribution in [0.2, 0.25) is 0 Å². The Bertz CT molecular complexity index is 729. The first kappa shape index (κ1) is 14.3. The number of nitrogen functional groups attached to an aromatic ring is 1. The molecular formula is C14H14FNO3S. The van der Waals surface area contributed by atoms with Crippen molar-refractivity contribution in [3.05, 3.63) is 53.8 Å². The average molecular weight is 295 g/mol. The van der Waals surface area contributed by atoms with E-state index in [0.29, 0.717) is 5.56 Å². The van der Waals surface area contributed by atoms with Gasteiger partial charge in [-0.3, -0.25) is 0 Å². The molecule has 0 atom stereocenters. The second kappa shape index (κ2) is 5.50. The van der Waals surface area contributed by atoms with Crippen LogP contribution in [0, 0.1) is 5.82 Å². The largest absolute Gasteiger partial charge is 0.495 e. The van der Waals surface area contributed by atoms with Crippen molar-refractivity contribution in [2.75, 3.05) is 12.8 Å². The number of sulfone groups is 1. The topological polar surface area (TPSA) is 69.4 Å². The van der Waals surface area contributed by atoms with Crippen LogP contribution in [-0.4, -0.2) is 15.5 Å². The monoisotopic (exact) mass is 295 g/mol. The van der Waals surface area contributed by atoms with E-state index in [0.717, 1.165) is 6.07 Å². The molecule has 0 bridgehead atoms. The normalized spacial score (nSPS) is 11.3. The van der Waals surface area contributed by atoms with E-state index >= 15 is 0 Å². The van der Waals surface area contributed by atoms with Crippen LogP contribution in [0.5, 0.6) is 5.75 Å². The van der Waals surface area contributed by atoms with Gasteiger partial charge >= 0.3 is 0 Å². The molecule has 0 fully saturated rings. The molecule has 0 amide bonds. The van der Waals surface area contributed by atoms with Gasteiger partial charge in [0.15, 0.2) is 9.84 Å². The molecule has 0 spiro atoms. The highest BCUT2D eigenvalue weighted by molar-refractivity contribution is 7.90. The van der Waals surface area contributed by atoms with Gasteiger partial charge in [-0.05, 0) is 29.8 Å². The highest BCUT2D eigenvalue weighted by Crippen LogP contribution is 2.27. The van der Waals surface area contributed by atoms with E-state index in [1.54, 1.807) is 18.2 Å². The second-order valence-electron chi connectivity index (χ2n) is 4.25. The van der Waals surface area contributed by atoms with Crippen LogP contribution >= 0.6 is 0 Å². The molecule has 2 rings (SSSR count). The molecular weight excluding hydrogens is 281 g/mol. The van der Waals surface area contributed by atoms with E-state index in [2.05, 4.69) is 0 Å². The van der Waals surface area contributed by atoms with Crippen molar-refractivity contribution in [2.24, 2.45) is 0 Å². The quantitative estimate of drug-likeness (QED) is 0.879. The third-order valence-corrected chi connectivity index (χ3v) is 4.56. The van der Waals surface area contributed by atoms with E-state index in [1.165, 1.54) is 25.3 Å². The molecule has 2 aromatic carbocycles. The molecule has 0 radical (unpaired) electrons. The first-order chi connectivity index (χ1) is 9.44. The van der Waals surface area contributed by atoms with E-state index in [9.17, 15) is 12.8 Å². The van der Waals surface area contributed by atoms with E-state index < -0.39 is 15.7 Å². The molecule has 0 saturated carbocycles. The van der Waals surface area contributed by atoms with Gasteiger partial charge in [0, 0.05) is 5.69 Å². The van der Waals surface area contributed by atoms with Crippen LogP contribution in [0.25, 0.3) is 0 Å². The molecule has 0 aromatic heterocycles. The lowest BCUT2D eigenvalue weighted by Gasteiger charge is -2.10. The fourth-order valence-electron chi connectivity index (χ4n) is 1.86. The van der Waals surface area contributed by atoms with Gasteiger partial charge in [0.05, 0.1) is 12.9 Å². The van der Waals surface area contributed by atoms with E-state index in [4.69, 9.17) is 10.5 Å². The summed E-state index contributed by atoms with van der Waals surface area (Å²) in [6.07, 6.45) is 0. The van der Waals surface area contributed by atoms with Crippen LogP contribution in [0.4, 0.5) is 10.1 Å². The minimum absolute atomic E-state index is 0.0891. The van der Waals surface area contributed by atoms with Gasteiger partial charge in [-0.15, -0.1) is 0 Å². The third-order valence-electron chi connectivity index (χ3n) is 2.86. The lowest BCUT2D eigenvalue weighted by molar-refractivity contribution is 0.402. The summed E-state index contributed by atoms with van der Waals surface area (Å²) < 4.78 is 42.8. The van der Waals surface area contributed by atoms with Gasteiger partial charge in [-0.1, -0.05) is 18.2 Å². The molecule has 106 valence electrons. The van der Waals surface area contributed by atoms with Crippen LogP contribution in [0.1, 0.15) is 5.56 Å². The maximum absolute atomic E-state index is 13.0. The van der Waals surface area contributed by atoms with Gasteiger partial charge in [0.1, 0.15) is 16.5 Å². The number of nitrogens with two attached hydrogens (primary N) is 1. The van der Waals surface area contributed by atoms with E-state index in [1.807, 2.05) is 0 Å². The molecule has 2 N–H and O–H groups in total. The van der Waals surface area contributed by atoms with E-state index in [-0.39, 0.29) is 22.1 Å². The second-order valence-corrected chi connectivity index (χ2v) is 6.21. The molecule has 0 aliphatic carbocycles. The lowest BCUT2D eigenvalue weighted by Crippen LogP contribution is -2.08. The minimum atomic E-state index is -3.62. The predicted molar refractivity (Wildman–Crippen MR) is 74.7 cm³/mol. The summed E-state index contributed by atoms with van der Waals surface area (Å²) in [5.74, 6) is -0.534. The van der Waals surface area contributed by atoms with Gasteiger partial charge in [0.25, 0.3) is 0 Å². The van der Waals surface area contributed by atoms with Gasteiger partial charge in [-0.25, -0.2) is 12.8 Å². The van der Waals surface area contributed by atoms with Gasteiger partial charge in [-0.2, -0.15) is 0 Å². The Morgan fingerprint density at radius 2 is 1.90 bits per heavy atom. The molecule has 0 unspecified atom stereocenters. The van der Waals surface area contributed by atoms with Crippen LogP contribution in [0.3, 0.4) is 0 Å². The smallest absolute Gasteiger partial charge is 0.186 e. The first-order valence-electron chi connectivity index (χ1n) is 5.84. The van der Waals surface area contributed by atoms with Crippen LogP contribution in [0.15, 0.2) is 47.4 Å². The molecule has 0 aliphatic heterocycles. The molecule has 0 saturated heterocycles. The summed E-state index contributed by atoms with van der Waals surface area (Å²) >= 11 is 0. The average Bonchev–Trinajstić information content (AvgIpc) is 2.42. The van der Waals surface area contributed by atoms with Crippen molar-refractivity contribution in [1.82, 2.24) is 0 Å². The van der Waals surface area contributed by atoms with Crippen molar-refractivity contribution in [1.29, 1.82) is 0 Å². The summed E-state index contributed by atoms with van der Waals surface area (Å²) in [5, 5.41) is 0. The van der Waals surface area contributed by atoms with Crippen molar-refractivity contribution in [3.8, 4) is 5.75 Å². The highest BCUT2D eigenvalue weighted by Gasteiger charge is 2.20. The number of hydrogen-bond acceptors (Lipinski definition) is 4. The zero-order valence-electron chi connectivity index (χ0n) is 10.8. The Hall–Kier alpha value is -2.08. The molecule has 20 heavy (non-hydrogen) atoms. The summed E-state index contributed by atoms with van der Waals surface area (Å²) in [5.41, 5.74) is 6.11. The summed E-state index contributed by atoms with van der Waals surface area (Å²) in [7, 11) is -2.22.